The molecule has 18 heavy (non-hydrogen) atoms. The smallest absolute Gasteiger partial charge is 0.244 e. The third kappa shape index (κ3) is 4.04. The Bertz CT molecular complexity index is 434. The summed E-state index contributed by atoms with van der Waals surface area (Å²) < 4.78 is 25.9. The van der Waals surface area contributed by atoms with Gasteiger partial charge in [0.15, 0.2) is 0 Å². The van der Waals surface area contributed by atoms with Crippen molar-refractivity contribution in [3.8, 4) is 0 Å². The number of aliphatic hydroxyl groups is 1. The van der Waals surface area contributed by atoms with E-state index >= 15 is 0 Å². The highest BCUT2D eigenvalue weighted by molar-refractivity contribution is 7.89. The number of sulfonamides is 1. The van der Waals surface area contributed by atoms with E-state index in [-0.39, 0.29) is 18.0 Å². The lowest BCUT2D eigenvalue weighted by Gasteiger charge is -2.20. The van der Waals surface area contributed by atoms with Crippen molar-refractivity contribution in [2.24, 2.45) is 0 Å². The van der Waals surface area contributed by atoms with Gasteiger partial charge in [-0.05, 0) is 18.6 Å². The molecule has 102 valence electrons. The quantitative estimate of drug-likeness (QED) is 0.723. The van der Waals surface area contributed by atoms with Gasteiger partial charge in [-0.1, -0.05) is 19.8 Å². The van der Waals surface area contributed by atoms with Gasteiger partial charge in [0.2, 0.25) is 10.0 Å². The second-order valence-corrected chi connectivity index (χ2v) is 5.96. The molecule has 1 aromatic rings. The van der Waals surface area contributed by atoms with Crippen molar-refractivity contribution >= 4 is 10.0 Å². The van der Waals surface area contributed by atoms with Crippen LogP contribution in [0.15, 0.2) is 29.4 Å². The number of nitrogens with zero attached hydrogens (tertiary/aromatic N) is 2. The summed E-state index contributed by atoms with van der Waals surface area (Å²) in [7, 11) is -3.53. The predicted octanol–water partition coefficient (Wildman–Crippen LogP) is 1.25. The Morgan fingerprint density at radius 2 is 2.11 bits per heavy atom. The van der Waals surface area contributed by atoms with Crippen LogP contribution in [0.1, 0.15) is 26.2 Å². The highest BCUT2D eigenvalue weighted by atomic mass is 32.2. The summed E-state index contributed by atoms with van der Waals surface area (Å²) in [5, 5.41) is 8.98. The molecule has 0 fully saturated rings. The van der Waals surface area contributed by atoms with Crippen LogP contribution in [-0.2, 0) is 10.0 Å². The molecule has 0 aliphatic heterocycles. The maximum Gasteiger partial charge on any atom is 0.244 e. The predicted molar refractivity (Wildman–Crippen MR) is 69.6 cm³/mol. The molecule has 6 heteroatoms. The van der Waals surface area contributed by atoms with Gasteiger partial charge in [-0.2, -0.15) is 4.31 Å². The molecule has 0 aliphatic rings. The number of pyridine rings is 1. The summed E-state index contributed by atoms with van der Waals surface area (Å²) in [6, 6.07) is 3.11. The Balaban J connectivity index is 2.83. The van der Waals surface area contributed by atoms with E-state index in [9.17, 15) is 8.42 Å². The first-order valence-corrected chi connectivity index (χ1v) is 7.58. The Labute approximate surface area is 109 Å². The maximum absolute atomic E-state index is 12.3. The van der Waals surface area contributed by atoms with Gasteiger partial charge in [0.05, 0.1) is 6.61 Å². The molecule has 0 aromatic carbocycles. The molecule has 0 aliphatic carbocycles. The molecule has 5 nitrogen and oxygen atoms in total. The average molecular weight is 272 g/mol. The Hall–Kier alpha value is -0.980. The van der Waals surface area contributed by atoms with Gasteiger partial charge in [0, 0.05) is 25.5 Å². The zero-order chi connectivity index (χ0) is 13.4. The lowest BCUT2D eigenvalue weighted by molar-refractivity contribution is 0.252. The van der Waals surface area contributed by atoms with E-state index in [1.165, 1.54) is 22.8 Å². The zero-order valence-electron chi connectivity index (χ0n) is 10.6. The van der Waals surface area contributed by atoms with Crippen LogP contribution in [0.25, 0.3) is 0 Å². The SMILES string of the molecule is CCCCCN(CCO)S(=O)(=O)c1cccnc1. The van der Waals surface area contributed by atoms with Crippen LogP contribution >= 0.6 is 0 Å². The number of hydrogen-bond acceptors (Lipinski definition) is 4. The third-order valence-corrected chi connectivity index (χ3v) is 4.51. The van der Waals surface area contributed by atoms with Crippen LogP contribution in [0.4, 0.5) is 0 Å². The van der Waals surface area contributed by atoms with Crippen molar-refractivity contribution in [1.29, 1.82) is 0 Å². The topological polar surface area (TPSA) is 70.5 Å². The number of hydrogen-bond donors (Lipinski definition) is 1. The van der Waals surface area contributed by atoms with Crippen LogP contribution in [0.5, 0.6) is 0 Å². The van der Waals surface area contributed by atoms with Crippen molar-refractivity contribution in [3.05, 3.63) is 24.5 Å². The van der Waals surface area contributed by atoms with Crippen molar-refractivity contribution in [1.82, 2.24) is 9.29 Å². The van der Waals surface area contributed by atoms with Crippen molar-refractivity contribution in [3.63, 3.8) is 0 Å². The minimum atomic E-state index is -3.53. The molecule has 0 spiro atoms. The maximum atomic E-state index is 12.3. The van der Waals surface area contributed by atoms with Crippen molar-refractivity contribution < 1.29 is 13.5 Å². The minimum absolute atomic E-state index is 0.126. The van der Waals surface area contributed by atoms with Crippen LogP contribution in [-0.4, -0.2) is 42.5 Å². The summed E-state index contributed by atoms with van der Waals surface area (Å²) in [6.45, 7) is 2.45. The molecular weight excluding hydrogens is 252 g/mol. The fraction of sp³-hybridized carbons (Fsp3) is 0.583. The van der Waals surface area contributed by atoms with Gasteiger partial charge in [-0.3, -0.25) is 4.98 Å². The molecule has 0 bridgehead atoms. The molecular formula is C12H20N2O3S. The van der Waals surface area contributed by atoms with Gasteiger partial charge in [-0.15, -0.1) is 0 Å². The molecule has 0 atom stereocenters. The minimum Gasteiger partial charge on any atom is -0.395 e. The molecule has 0 amide bonds. The van der Waals surface area contributed by atoms with Crippen LogP contribution in [0.3, 0.4) is 0 Å². The summed E-state index contributed by atoms with van der Waals surface area (Å²) in [5.41, 5.74) is 0. The lowest BCUT2D eigenvalue weighted by atomic mass is 10.2. The van der Waals surface area contributed by atoms with E-state index in [2.05, 4.69) is 11.9 Å². The lowest BCUT2D eigenvalue weighted by Crippen LogP contribution is -2.34. The molecule has 0 saturated heterocycles. The van der Waals surface area contributed by atoms with Crippen LogP contribution in [0, 0.1) is 0 Å². The number of aliphatic hydroxyl groups excluding tert-OH is 1. The Kier molecular flexibility index (Phi) is 6.24. The van der Waals surface area contributed by atoms with Gasteiger partial charge in [0.1, 0.15) is 4.90 Å². The van der Waals surface area contributed by atoms with E-state index in [4.69, 9.17) is 5.11 Å². The first-order chi connectivity index (χ1) is 8.62. The van der Waals surface area contributed by atoms with E-state index in [0.29, 0.717) is 6.54 Å². The molecule has 0 radical (unpaired) electrons. The first-order valence-electron chi connectivity index (χ1n) is 6.14. The second kappa shape index (κ2) is 7.45. The number of rotatable bonds is 8. The molecule has 1 aromatic heterocycles. The summed E-state index contributed by atoms with van der Waals surface area (Å²) >= 11 is 0. The van der Waals surface area contributed by atoms with E-state index in [1.807, 2.05) is 0 Å². The van der Waals surface area contributed by atoms with Crippen LogP contribution in [0.2, 0.25) is 0 Å². The van der Waals surface area contributed by atoms with Gasteiger partial charge in [-0.25, -0.2) is 8.42 Å². The standard InChI is InChI=1S/C12H20N2O3S/c1-2-3-4-8-14(9-10-15)18(16,17)12-6-5-7-13-11-12/h5-7,11,15H,2-4,8-10H2,1H3. The summed E-state index contributed by atoms with van der Waals surface area (Å²) in [6.07, 6.45) is 5.67. The second-order valence-electron chi connectivity index (χ2n) is 4.02. The Morgan fingerprint density at radius 3 is 2.67 bits per heavy atom. The van der Waals surface area contributed by atoms with Gasteiger partial charge in [0.25, 0.3) is 0 Å². The highest BCUT2D eigenvalue weighted by Crippen LogP contribution is 2.14. The molecule has 1 heterocycles. The third-order valence-electron chi connectivity index (χ3n) is 2.63. The normalized spacial score (nSPS) is 11.9. The van der Waals surface area contributed by atoms with E-state index < -0.39 is 10.0 Å². The first kappa shape index (κ1) is 15.1. The van der Waals surface area contributed by atoms with Crippen LogP contribution < -0.4 is 0 Å². The van der Waals surface area contributed by atoms with Crippen molar-refractivity contribution in [2.45, 2.75) is 31.1 Å². The number of unbranched alkanes of at least 4 members (excludes halogenated alkanes) is 2. The summed E-state index contributed by atoms with van der Waals surface area (Å²) in [5.74, 6) is 0. The van der Waals surface area contributed by atoms with Gasteiger partial charge >= 0.3 is 0 Å². The van der Waals surface area contributed by atoms with E-state index in [1.54, 1.807) is 6.07 Å². The highest BCUT2D eigenvalue weighted by Gasteiger charge is 2.23. The van der Waals surface area contributed by atoms with Gasteiger partial charge < -0.3 is 5.11 Å². The molecule has 1 rings (SSSR count). The average Bonchev–Trinajstić information content (AvgIpc) is 2.39. The van der Waals surface area contributed by atoms with E-state index in [0.717, 1.165) is 19.3 Å². The molecule has 0 unspecified atom stereocenters. The monoisotopic (exact) mass is 272 g/mol. The zero-order valence-corrected chi connectivity index (χ0v) is 11.4. The molecule has 1 N–H and O–H groups in total. The molecule has 0 saturated carbocycles. The fourth-order valence-corrected chi connectivity index (χ4v) is 3.08. The van der Waals surface area contributed by atoms with Crippen molar-refractivity contribution in [2.75, 3.05) is 19.7 Å². The Morgan fingerprint density at radius 1 is 1.33 bits per heavy atom. The number of aromatic nitrogens is 1. The largest absolute Gasteiger partial charge is 0.395 e. The fourth-order valence-electron chi connectivity index (χ4n) is 1.65. The summed E-state index contributed by atoms with van der Waals surface area (Å²) in [4.78, 5) is 4.00.